The lowest BCUT2D eigenvalue weighted by Gasteiger charge is -2.20. The fourth-order valence-electron chi connectivity index (χ4n) is 3.41. The monoisotopic (exact) mass is 453 g/mol. The zero-order valence-electron chi connectivity index (χ0n) is 17.8. The van der Waals surface area contributed by atoms with Crippen molar-refractivity contribution in [3.05, 3.63) is 77.9 Å². The first-order valence-corrected chi connectivity index (χ1v) is 11.7. The van der Waals surface area contributed by atoms with Crippen LogP contribution in [0.1, 0.15) is 17.5 Å². The van der Waals surface area contributed by atoms with Crippen LogP contribution in [0.3, 0.4) is 0 Å². The van der Waals surface area contributed by atoms with Gasteiger partial charge in [-0.05, 0) is 35.9 Å². The van der Waals surface area contributed by atoms with Crippen LogP contribution in [0.25, 0.3) is 10.8 Å². The van der Waals surface area contributed by atoms with E-state index in [1.807, 2.05) is 49.4 Å². The summed E-state index contributed by atoms with van der Waals surface area (Å²) >= 11 is 0. The summed E-state index contributed by atoms with van der Waals surface area (Å²) < 4.78 is 29.1. The molecular weight excluding hydrogens is 426 g/mol. The van der Waals surface area contributed by atoms with E-state index in [1.54, 1.807) is 24.3 Å². The summed E-state index contributed by atoms with van der Waals surface area (Å²) in [7, 11) is -4.01. The topological polar surface area (TPSA) is 137 Å². The van der Waals surface area contributed by atoms with Gasteiger partial charge in [0.1, 0.15) is 6.04 Å². The van der Waals surface area contributed by atoms with Gasteiger partial charge in [0, 0.05) is 18.5 Å². The van der Waals surface area contributed by atoms with E-state index >= 15 is 0 Å². The van der Waals surface area contributed by atoms with Crippen molar-refractivity contribution in [2.24, 2.45) is 5.73 Å². The maximum Gasteiger partial charge on any atom is 0.241 e. The second kappa shape index (κ2) is 10.3. The number of aryl methyl sites for hydroxylation is 1. The molecule has 3 rings (SSSR count). The van der Waals surface area contributed by atoms with Gasteiger partial charge in [-0.25, -0.2) is 8.42 Å². The summed E-state index contributed by atoms with van der Waals surface area (Å²) in [6.07, 6.45) is 0.114. The molecule has 3 aromatic rings. The van der Waals surface area contributed by atoms with Crippen LogP contribution in [0, 0.1) is 12.3 Å². The van der Waals surface area contributed by atoms with Gasteiger partial charge >= 0.3 is 0 Å². The summed E-state index contributed by atoms with van der Waals surface area (Å²) in [5, 5.41) is 14.1. The SMILES string of the molecule is Cc1ccc(S(=O)(=O)N[C@@H](CCNC(=N)N)C(=O)NCc2ccccc2)c2ccccc12. The quantitative estimate of drug-likeness (QED) is 0.249. The Balaban J connectivity index is 1.83. The van der Waals surface area contributed by atoms with Gasteiger partial charge in [0.05, 0.1) is 4.90 Å². The number of nitrogens with two attached hydrogens (primary N) is 1. The van der Waals surface area contributed by atoms with Gasteiger partial charge < -0.3 is 16.4 Å². The number of carbonyl (C=O) groups is 1. The van der Waals surface area contributed by atoms with E-state index in [1.165, 1.54) is 0 Å². The summed E-state index contributed by atoms with van der Waals surface area (Å²) in [5.41, 5.74) is 7.17. The number of hydrogen-bond donors (Lipinski definition) is 5. The number of carbonyl (C=O) groups excluding carboxylic acids is 1. The Labute approximate surface area is 187 Å². The lowest BCUT2D eigenvalue weighted by Crippen LogP contribution is -2.48. The highest BCUT2D eigenvalue weighted by Gasteiger charge is 2.27. The average Bonchev–Trinajstić information content (AvgIpc) is 2.77. The van der Waals surface area contributed by atoms with Gasteiger partial charge in [0.15, 0.2) is 5.96 Å². The molecule has 0 radical (unpaired) electrons. The van der Waals surface area contributed by atoms with Crippen molar-refractivity contribution in [1.82, 2.24) is 15.4 Å². The maximum absolute atomic E-state index is 13.3. The van der Waals surface area contributed by atoms with Crippen LogP contribution < -0.4 is 21.1 Å². The highest BCUT2D eigenvalue weighted by atomic mass is 32.2. The molecule has 0 saturated heterocycles. The number of fused-ring (bicyclic) bond motifs is 1. The standard InChI is InChI=1S/C23H27N5O3S/c1-16-11-12-21(19-10-6-5-9-18(16)19)32(30,31)28-20(13-14-26-23(24)25)22(29)27-15-17-7-3-2-4-8-17/h2-12,20,28H,13-15H2,1H3,(H,27,29)(H4,24,25,26)/t20-/m0/s1. The van der Waals surface area contributed by atoms with Crippen LogP contribution >= 0.6 is 0 Å². The normalized spacial score (nSPS) is 12.3. The van der Waals surface area contributed by atoms with Gasteiger partial charge in [-0.15, -0.1) is 0 Å². The molecule has 1 amide bonds. The fraction of sp³-hybridized carbons (Fsp3) is 0.217. The molecule has 1 atom stereocenters. The van der Waals surface area contributed by atoms with Crippen molar-refractivity contribution in [1.29, 1.82) is 5.41 Å². The summed E-state index contributed by atoms with van der Waals surface area (Å²) in [6, 6.07) is 18.8. The lowest BCUT2D eigenvalue weighted by molar-refractivity contribution is -0.123. The second-order valence-corrected chi connectivity index (χ2v) is 9.11. The zero-order chi connectivity index (χ0) is 23.1. The number of nitrogens with one attached hydrogen (secondary N) is 4. The molecule has 0 aromatic heterocycles. The minimum atomic E-state index is -4.01. The van der Waals surface area contributed by atoms with E-state index in [2.05, 4.69) is 15.4 Å². The van der Waals surface area contributed by atoms with E-state index in [0.29, 0.717) is 5.39 Å². The molecule has 6 N–H and O–H groups in total. The molecular formula is C23H27N5O3S. The summed E-state index contributed by atoms with van der Waals surface area (Å²) in [6.45, 7) is 2.35. The van der Waals surface area contributed by atoms with E-state index < -0.39 is 22.0 Å². The maximum atomic E-state index is 13.3. The van der Waals surface area contributed by atoms with Crippen LogP contribution in [-0.2, 0) is 21.4 Å². The molecule has 0 aliphatic carbocycles. The third-order valence-electron chi connectivity index (χ3n) is 5.06. The minimum absolute atomic E-state index is 0.110. The molecule has 0 fully saturated rings. The van der Waals surface area contributed by atoms with Gasteiger partial charge in [0.2, 0.25) is 15.9 Å². The number of guanidine groups is 1. The number of rotatable bonds is 9. The van der Waals surface area contributed by atoms with Crippen LogP contribution in [0.4, 0.5) is 0 Å². The fourth-order valence-corrected chi connectivity index (χ4v) is 4.85. The molecule has 0 heterocycles. The van der Waals surface area contributed by atoms with Gasteiger partial charge in [0.25, 0.3) is 0 Å². The predicted octanol–water partition coefficient (Wildman–Crippen LogP) is 1.98. The Morgan fingerprint density at radius 3 is 2.31 bits per heavy atom. The Kier molecular flexibility index (Phi) is 7.45. The van der Waals surface area contributed by atoms with Crippen molar-refractivity contribution < 1.29 is 13.2 Å². The zero-order valence-corrected chi connectivity index (χ0v) is 18.6. The first-order chi connectivity index (χ1) is 15.3. The molecule has 168 valence electrons. The predicted molar refractivity (Wildman–Crippen MR) is 126 cm³/mol. The number of amides is 1. The molecule has 0 bridgehead atoms. The first kappa shape index (κ1) is 23.2. The molecule has 0 unspecified atom stereocenters. The lowest BCUT2D eigenvalue weighted by atomic mass is 10.1. The second-order valence-electron chi connectivity index (χ2n) is 7.43. The van der Waals surface area contributed by atoms with E-state index in [0.717, 1.165) is 16.5 Å². The number of sulfonamides is 1. The molecule has 3 aromatic carbocycles. The highest BCUT2D eigenvalue weighted by molar-refractivity contribution is 7.89. The average molecular weight is 454 g/mol. The summed E-state index contributed by atoms with van der Waals surface area (Å²) in [4.78, 5) is 13.0. The van der Waals surface area contributed by atoms with Crippen molar-refractivity contribution >= 4 is 32.7 Å². The summed E-state index contributed by atoms with van der Waals surface area (Å²) in [5.74, 6) is -0.708. The smallest absolute Gasteiger partial charge is 0.241 e. The number of benzene rings is 3. The van der Waals surface area contributed by atoms with Crippen molar-refractivity contribution in [2.45, 2.75) is 30.8 Å². The Morgan fingerprint density at radius 2 is 1.62 bits per heavy atom. The van der Waals surface area contributed by atoms with Crippen LogP contribution in [0.15, 0.2) is 71.6 Å². The van der Waals surface area contributed by atoms with Gasteiger partial charge in [-0.3, -0.25) is 10.2 Å². The van der Waals surface area contributed by atoms with Gasteiger partial charge in [-0.1, -0.05) is 60.7 Å². The van der Waals surface area contributed by atoms with E-state index in [-0.39, 0.29) is 30.4 Å². The number of hydrogen-bond acceptors (Lipinski definition) is 4. The van der Waals surface area contributed by atoms with E-state index in [9.17, 15) is 13.2 Å². The van der Waals surface area contributed by atoms with Crippen molar-refractivity contribution in [3.63, 3.8) is 0 Å². The molecule has 32 heavy (non-hydrogen) atoms. The Hall–Kier alpha value is -3.43. The van der Waals surface area contributed by atoms with Gasteiger partial charge in [-0.2, -0.15) is 4.72 Å². The van der Waals surface area contributed by atoms with Crippen LogP contribution in [0.2, 0.25) is 0 Å². The third-order valence-corrected chi connectivity index (χ3v) is 6.59. The van der Waals surface area contributed by atoms with Crippen LogP contribution in [0.5, 0.6) is 0 Å². The highest BCUT2D eigenvalue weighted by Crippen LogP contribution is 2.26. The molecule has 8 nitrogen and oxygen atoms in total. The first-order valence-electron chi connectivity index (χ1n) is 10.2. The molecule has 0 aliphatic rings. The molecule has 0 aliphatic heterocycles. The minimum Gasteiger partial charge on any atom is -0.370 e. The van der Waals surface area contributed by atoms with Crippen molar-refractivity contribution in [2.75, 3.05) is 6.54 Å². The van der Waals surface area contributed by atoms with Crippen molar-refractivity contribution in [3.8, 4) is 0 Å². The third kappa shape index (κ3) is 5.83. The Bertz CT molecular complexity index is 1210. The van der Waals surface area contributed by atoms with Crippen LogP contribution in [-0.4, -0.2) is 32.9 Å². The molecule has 9 heteroatoms. The largest absolute Gasteiger partial charge is 0.370 e. The molecule has 0 saturated carbocycles. The Morgan fingerprint density at radius 1 is 0.969 bits per heavy atom. The molecule has 0 spiro atoms. The van der Waals surface area contributed by atoms with E-state index in [4.69, 9.17) is 11.1 Å².